The summed E-state index contributed by atoms with van der Waals surface area (Å²) in [4.78, 5) is 126. The zero-order valence-corrected chi connectivity index (χ0v) is 36.3. The number of nitrogens with one attached hydrogen (secondary N) is 6. The highest BCUT2D eigenvalue weighted by Crippen LogP contribution is 2.43. The van der Waals surface area contributed by atoms with Gasteiger partial charge in [-0.2, -0.15) is 0 Å². The smallest absolute Gasteiger partial charge is 0.326 e. The summed E-state index contributed by atoms with van der Waals surface area (Å²) in [5.41, 5.74) is 0. The van der Waals surface area contributed by atoms with E-state index in [2.05, 4.69) is 31.9 Å². The SMILES string of the molecule is C[C@H](NC(=O)c1ccc(-c2ccc(-c3ccc(-c4ccc(C(=O)N[C@@H](C)C(=O)N[C@@H](C)C(=O)N[C@@H](CC(=O)O)C(=O)O)s4)s3)s2)s1)C(=O)N[C@@H](C)C(=O)N[C@@H](CC(=O)O)C(=O)O. The van der Waals surface area contributed by atoms with Crippen molar-refractivity contribution in [2.75, 3.05) is 0 Å². The van der Waals surface area contributed by atoms with Crippen LogP contribution < -0.4 is 31.9 Å². The molecule has 20 nitrogen and oxygen atoms in total. The molecular formula is C38H40N6O14S4. The molecule has 4 aromatic rings. The van der Waals surface area contributed by atoms with Crippen molar-refractivity contribution in [3.8, 4) is 29.3 Å². The molecule has 0 aliphatic heterocycles. The molecule has 62 heavy (non-hydrogen) atoms. The normalized spacial score (nSPS) is 13.8. The van der Waals surface area contributed by atoms with Crippen LogP contribution in [0.25, 0.3) is 29.3 Å². The lowest BCUT2D eigenvalue weighted by molar-refractivity contribution is -0.147. The fraction of sp³-hybridized carbons (Fsp3) is 0.316. The van der Waals surface area contributed by atoms with Gasteiger partial charge < -0.3 is 52.3 Å². The van der Waals surface area contributed by atoms with Crippen molar-refractivity contribution >= 4 is 105 Å². The summed E-state index contributed by atoms with van der Waals surface area (Å²) in [6, 6.07) is 6.40. The number of rotatable bonds is 21. The molecule has 6 atom stereocenters. The fourth-order valence-corrected chi connectivity index (χ4v) is 9.31. The largest absolute Gasteiger partial charge is 0.481 e. The third-order valence-electron chi connectivity index (χ3n) is 8.57. The van der Waals surface area contributed by atoms with Crippen LogP contribution >= 0.6 is 45.3 Å². The molecule has 0 aliphatic carbocycles. The maximum Gasteiger partial charge on any atom is 0.326 e. The summed E-state index contributed by atoms with van der Waals surface area (Å²) < 4.78 is 0. The van der Waals surface area contributed by atoms with E-state index in [0.717, 1.165) is 29.3 Å². The van der Waals surface area contributed by atoms with Crippen molar-refractivity contribution in [3.63, 3.8) is 0 Å². The van der Waals surface area contributed by atoms with Crippen LogP contribution in [-0.4, -0.2) is 116 Å². The third kappa shape index (κ3) is 13.2. The van der Waals surface area contributed by atoms with E-state index in [-0.39, 0.29) is 0 Å². The summed E-state index contributed by atoms with van der Waals surface area (Å²) >= 11 is 5.37. The van der Waals surface area contributed by atoms with Gasteiger partial charge in [0.25, 0.3) is 11.8 Å². The van der Waals surface area contributed by atoms with Crippen LogP contribution in [0.2, 0.25) is 0 Å². The Morgan fingerprint density at radius 2 is 0.661 bits per heavy atom. The van der Waals surface area contributed by atoms with Crippen LogP contribution in [0.5, 0.6) is 0 Å². The lowest BCUT2D eigenvalue weighted by atomic mass is 10.2. The van der Waals surface area contributed by atoms with Crippen molar-refractivity contribution < 1.29 is 68.4 Å². The first-order chi connectivity index (χ1) is 29.1. The predicted octanol–water partition coefficient (Wildman–Crippen LogP) is 2.27. The number of aliphatic carboxylic acids is 4. The molecule has 0 aromatic carbocycles. The lowest BCUT2D eigenvalue weighted by Crippen LogP contribution is -2.54. The van der Waals surface area contributed by atoms with Crippen LogP contribution in [0.1, 0.15) is 59.9 Å². The van der Waals surface area contributed by atoms with Gasteiger partial charge in [-0.25, -0.2) is 9.59 Å². The molecule has 10 N–H and O–H groups in total. The molecule has 4 heterocycles. The van der Waals surface area contributed by atoms with Gasteiger partial charge in [-0.05, 0) is 76.2 Å². The second kappa shape index (κ2) is 21.3. The zero-order valence-electron chi connectivity index (χ0n) is 33.0. The van der Waals surface area contributed by atoms with Gasteiger partial charge in [-0.1, -0.05) is 0 Å². The number of thiophene rings is 4. The summed E-state index contributed by atoms with van der Waals surface area (Å²) in [5.74, 6) is -10.4. The zero-order chi connectivity index (χ0) is 46.0. The van der Waals surface area contributed by atoms with Crippen LogP contribution in [0.15, 0.2) is 48.5 Å². The topological polar surface area (TPSA) is 324 Å². The molecule has 6 amide bonds. The molecule has 24 heteroatoms. The first kappa shape index (κ1) is 48.2. The van der Waals surface area contributed by atoms with E-state index in [1.807, 2.05) is 24.3 Å². The Morgan fingerprint density at radius 3 is 0.952 bits per heavy atom. The van der Waals surface area contributed by atoms with Gasteiger partial charge >= 0.3 is 23.9 Å². The molecule has 0 saturated heterocycles. The molecule has 0 aliphatic rings. The van der Waals surface area contributed by atoms with Crippen LogP contribution in [0.3, 0.4) is 0 Å². The predicted molar refractivity (Wildman–Crippen MR) is 227 cm³/mol. The quantitative estimate of drug-likeness (QED) is 0.0574. The Morgan fingerprint density at radius 1 is 0.403 bits per heavy atom. The Hall–Kier alpha value is -6.50. The van der Waals surface area contributed by atoms with Crippen LogP contribution in [0, 0.1) is 0 Å². The van der Waals surface area contributed by atoms with Crippen molar-refractivity contribution in [1.82, 2.24) is 31.9 Å². The molecule has 0 radical (unpaired) electrons. The number of carboxylic acid groups (broad SMARTS) is 4. The molecule has 4 aromatic heterocycles. The van der Waals surface area contributed by atoms with E-state index in [1.165, 1.54) is 73.0 Å². The minimum Gasteiger partial charge on any atom is -0.481 e. The summed E-state index contributed by atoms with van der Waals surface area (Å²) in [6.07, 6.45) is -1.71. The number of hydrogen-bond donors (Lipinski definition) is 10. The van der Waals surface area contributed by atoms with E-state index < -0.39 is 108 Å². The maximum absolute atomic E-state index is 13.0. The van der Waals surface area contributed by atoms with Crippen molar-refractivity contribution in [3.05, 3.63) is 58.3 Å². The Kier molecular flexibility index (Phi) is 16.6. The van der Waals surface area contributed by atoms with E-state index in [1.54, 1.807) is 24.3 Å². The average Bonchev–Trinajstić information content (AvgIpc) is 4.03. The first-order valence-corrected chi connectivity index (χ1v) is 21.5. The highest BCUT2D eigenvalue weighted by molar-refractivity contribution is 7.29. The van der Waals surface area contributed by atoms with E-state index in [9.17, 15) is 47.9 Å². The van der Waals surface area contributed by atoms with Gasteiger partial charge in [0.1, 0.15) is 36.3 Å². The Balaban J connectivity index is 1.30. The second-order valence-electron chi connectivity index (χ2n) is 13.5. The number of amides is 6. The molecule has 0 bridgehead atoms. The molecule has 0 saturated carbocycles. The van der Waals surface area contributed by atoms with Crippen molar-refractivity contribution in [2.45, 2.75) is 76.8 Å². The van der Waals surface area contributed by atoms with Crippen LogP contribution in [0.4, 0.5) is 0 Å². The average molecular weight is 933 g/mol. The monoisotopic (exact) mass is 932 g/mol. The van der Waals surface area contributed by atoms with Gasteiger partial charge in [0.15, 0.2) is 0 Å². The van der Waals surface area contributed by atoms with E-state index in [0.29, 0.717) is 9.75 Å². The molecule has 0 spiro atoms. The number of carbonyl (C=O) groups is 10. The highest BCUT2D eigenvalue weighted by Gasteiger charge is 2.29. The fourth-order valence-electron chi connectivity index (χ4n) is 5.21. The molecule has 0 fully saturated rings. The van der Waals surface area contributed by atoms with E-state index in [4.69, 9.17) is 20.4 Å². The van der Waals surface area contributed by atoms with E-state index >= 15 is 0 Å². The van der Waals surface area contributed by atoms with Gasteiger partial charge in [0.2, 0.25) is 23.6 Å². The summed E-state index contributed by atoms with van der Waals surface area (Å²) in [6.45, 7) is 5.36. The summed E-state index contributed by atoms with van der Waals surface area (Å²) in [5, 5.41) is 50.0. The standard InChI is InChI=1S/C38H40N6O14S4/c1-15(31(49)39-17(3)33(51)43-19(37(55)56)13-29(45)46)41-35(53)27-11-9-25(61-27)23-7-5-21(59-23)22-6-8-24(60-22)26-10-12-28(62-26)36(54)42-16(2)32(50)40-18(4)34(52)44-20(38(57)58)14-30(47)48/h5-12,15-20H,13-14H2,1-4H3,(H,39,49)(H,40,50)(H,41,53)(H,42,54)(H,43,51)(H,44,52)(H,45,46)(H,47,48)(H,55,56)(H,57,58)/t15-,16-,17-,18-,19-,20-/m0/s1. The maximum atomic E-state index is 13.0. The van der Waals surface area contributed by atoms with Gasteiger partial charge in [-0.3, -0.25) is 38.4 Å². The van der Waals surface area contributed by atoms with Gasteiger partial charge in [-0.15, -0.1) is 45.3 Å². The minimum atomic E-state index is -1.70. The second-order valence-corrected chi connectivity index (χ2v) is 17.8. The Labute approximate surface area is 367 Å². The first-order valence-electron chi connectivity index (χ1n) is 18.3. The van der Waals surface area contributed by atoms with Gasteiger partial charge in [0.05, 0.1) is 22.6 Å². The highest BCUT2D eigenvalue weighted by atomic mass is 32.1. The summed E-state index contributed by atoms with van der Waals surface area (Å²) in [7, 11) is 0. The molecular weight excluding hydrogens is 893 g/mol. The number of carbonyl (C=O) groups excluding carboxylic acids is 6. The molecule has 4 rings (SSSR count). The third-order valence-corrected chi connectivity index (χ3v) is 13.5. The molecule has 330 valence electrons. The van der Waals surface area contributed by atoms with Crippen LogP contribution in [-0.2, 0) is 38.4 Å². The lowest BCUT2D eigenvalue weighted by Gasteiger charge is -2.20. The Bertz CT molecular complexity index is 2220. The minimum absolute atomic E-state index is 0.312. The number of carboxylic acids is 4. The van der Waals surface area contributed by atoms with Crippen molar-refractivity contribution in [2.24, 2.45) is 0 Å². The van der Waals surface area contributed by atoms with Crippen molar-refractivity contribution in [1.29, 1.82) is 0 Å². The number of hydrogen-bond acceptors (Lipinski definition) is 14. The van der Waals surface area contributed by atoms with Gasteiger partial charge in [0, 0.05) is 29.3 Å². The molecule has 0 unspecified atom stereocenters.